The first-order chi connectivity index (χ1) is 4.33. The molecule has 0 heterocycles. The van der Waals surface area contributed by atoms with E-state index >= 15 is 0 Å². The zero-order valence-electron chi connectivity index (χ0n) is 4.92. The van der Waals surface area contributed by atoms with E-state index in [1.807, 2.05) is 18.2 Å². The highest BCUT2D eigenvalue weighted by atomic mass is 32.1. The summed E-state index contributed by atoms with van der Waals surface area (Å²) in [5.74, 6) is 2.52. The van der Waals surface area contributed by atoms with Crippen LogP contribution in [0, 0.1) is 12.3 Å². The molecule has 0 saturated carbocycles. The Morgan fingerprint density at radius 1 is 1.67 bits per heavy atom. The van der Waals surface area contributed by atoms with Crippen LogP contribution < -0.4 is 0 Å². The van der Waals surface area contributed by atoms with Gasteiger partial charge >= 0.3 is 0 Å². The molecule has 1 rings (SSSR count). The van der Waals surface area contributed by atoms with Crippen molar-refractivity contribution >= 4 is 17.1 Å². The van der Waals surface area contributed by atoms with Crippen LogP contribution in [0.5, 0.6) is 0 Å². The van der Waals surface area contributed by atoms with Crippen LogP contribution in [0.3, 0.4) is 0 Å². The van der Waals surface area contributed by atoms with Gasteiger partial charge in [-0.15, -0.1) is 6.42 Å². The number of hydrogen-bond acceptors (Lipinski definition) is 1. The Hall–Kier alpha value is -0.870. The summed E-state index contributed by atoms with van der Waals surface area (Å²) in [6.45, 7) is 0. The molecule has 0 saturated heterocycles. The van der Waals surface area contributed by atoms with Gasteiger partial charge in [-0.25, -0.2) is 0 Å². The van der Waals surface area contributed by atoms with Gasteiger partial charge in [0, 0.05) is 16.9 Å². The zero-order chi connectivity index (χ0) is 6.69. The number of rotatable bonds is 0. The van der Waals surface area contributed by atoms with Gasteiger partial charge in [0.05, 0.1) is 0 Å². The predicted molar refractivity (Wildman–Crippen MR) is 43.3 cm³/mol. The van der Waals surface area contributed by atoms with E-state index in [1.54, 1.807) is 0 Å². The van der Waals surface area contributed by atoms with Crippen molar-refractivity contribution < 1.29 is 0 Å². The summed E-state index contributed by atoms with van der Waals surface area (Å²) in [6, 6.07) is 0. The largest absolute Gasteiger partial charge is 0.115 e. The maximum Gasteiger partial charge on any atom is 0.0250 e. The molecule has 0 N–H and O–H groups in total. The van der Waals surface area contributed by atoms with Crippen LogP contribution in [-0.2, 0) is 0 Å². The molecular formula is C8H6S. The second-order valence-electron chi connectivity index (χ2n) is 1.82. The maximum atomic E-state index is 5.14. The monoisotopic (exact) mass is 134 g/mol. The minimum absolute atomic E-state index is 0.862. The molecule has 0 fully saturated rings. The predicted octanol–water partition coefficient (Wildman–Crippen LogP) is 1.88. The number of allylic oxidation sites excluding steroid dienone is 4. The van der Waals surface area contributed by atoms with E-state index in [2.05, 4.69) is 5.92 Å². The Morgan fingerprint density at radius 3 is 2.89 bits per heavy atom. The summed E-state index contributed by atoms with van der Waals surface area (Å²) in [7, 11) is 0. The zero-order valence-corrected chi connectivity index (χ0v) is 5.74. The third kappa shape index (κ3) is 1.51. The van der Waals surface area contributed by atoms with Gasteiger partial charge in [0.25, 0.3) is 0 Å². The highest BCUT2D eigenvalue weighted by molar-refractivity contribution is 7.80. The van der Waals surface area contributed by atoms with Crippen LogP contribution in [0.15, 0.2) is 23.8 Å². The molecule has 0 aromatic carbocycles. The molecule has 0 nitrogen and oxygen atoms in total. The molecule has 0 radical (unpaired) electrons. The van der Waals surface area contributed by atoms with Gasteiger partial charge in [0.2, 0.25) is 0 Å². The lowest BCUT2D eigenvalue weighted by Gasteiger charge is -1.98. The van der Waals surface area contributed by atoms with E-state index < -0.39 is 0 Å². The Labute approximate surface area is 60.3 Å². The van der Waals surface area contributed by atoms with Crippen LogP contribution >= 0.6 is 12.2 Å². The summed E-state index contributed by atoms with van der Waals surface area (Å²) < 4.78 is 0. The fraction of sp³-hybridized carbons (Fsp3) is 0.125. The molecule has 0 spiro atoms. The van der Waals surface area contributed by atoms with Gasteiger partial charge in [-0.3, -0.25) is 0 Å². The van der Waals surface area contributed by atoms with Crippen LogP contribution in [0.1, 0.15) is 6.42 Å². The molecule has 0 amide bonds. The summed E-state index contributed by atoms with van der Waals surface area (Å²) >= 11 is 4.93. The second-order valence-corrected chi connectivity index (χ2v) is 2.34. The van der Waals surface area contributed by atoms with Crippen LogP contribution in [0.4, 0.5) is 0 Å². The van der Waals surface area contributed by atoms with Gasteiger partial charge in [-0.05, 0) is 6.08 Å². The molecular weight excluding hydrogens is 128 g/mol. The normalized spacial score (nSPS) is 16.8. The van der Waals surface area contributed by atoms with Crippen molar-refractivity contribution in [1.82, 2.24) is 0 Å². The Bertz CT molecular complexity index is 225. The Morgan fingerprint density at radius 2 is 2.44 bits per heavy atom. The highest BCUT2D eigenvalue weighted by Crippen LogP contribution is 2.06. The summed E-state index contributed by atoms with van der Waals surface area (Å²) in [5.41, 5.74) is 0.881. The Balaban J connectivity index is 2.86. The third-order valence-electron chi connectivity index (χ3n) is 1.10. The minimum atomic E-state index is 0.862. The SMILES string of the molecule is C#CC1=CC(=S)CC=C1. The molecule has 0 aliphatic heterocycles. The van der Waals surface area contributed by atoms with E-state index in [0.717, 1.165) is 16.9 Å². The smallest absolute Gasteiger partial charge is 0.0250 e. The van der Waals surface area contributed by atoms with Crippen molar-refractivity contribution in [3.63, 3.8) is 0 Å². The molecule has 0 atom stereocenters. The van der Waals surface area contributed by atoms with Gasteiger partial charge in [-0.1, -0.05) is 30.3 Å². The maximum absolute atomic E-state index is 5.14. The molecule has 1 aliphatic carbocycles. The van der Waals surface area contributed by atoms with E-state index in [0.29, 0.717) is 0 Å². The number of terminal acetylenes is 1. The summed E-state index contributed by atoms with van der Waals surface area (Å²) in [4.78, 5) is 0.922. The van der Waals surface area contributed by atoms with Crippen LogP contribution in [-0.4, -0.2) is 4.86 Å². The van der Waals surface area contributed by atoms with Gasteiger partial charge < -0.3 is 0 Å². The van der Waals surface area contributed by atoms with Crippen LogP contribution in [0.2, 0.25) is 0 Å². The molecule has 44 valence electrons. The minimum Gasteiger partial charge on any atom is -0.115 e. The Kier molecular flexibility index (Phi) is 1.81. The lowest BCUT2D eigenvalue weighted by molar-refractivity contribution is 1.48. The standard InChI is InChI=1S/C8H6S/c1-2-7-4-3-5-8(9)6-7/h1,3-4,6H,5H2. The van der Waals surface area contributed by atoms with Crippen molar-refractivity contribution in [2.75, 3.05) is 0 Å². The molecule has 1 heteroatoms. The van der Waals surface area contributed by atoms with Crippen molar-refractivity contribution in [1.29, 1.82) is 0 Å². The molecule has 0 aromatic rings. The topological polar surface area (TPSA) is 0 Å². The quantitative estimate of drug-likeness (QED) is 0.360. The first-order valence-electron chi connectivity index (χ1n) is 2.70. The van der Waals surface area contributed by atoms with E-state index in [9.17, 15) is 0 Å². The average molecular weight is 134 g/mol. The molecule has 0 bridgehead atoms. The van der Waals surface area contributed by atoms with Gasteiger partial charge in [0.15, 0.2) is 0 Å². The lowest BCUT2D eigenvalue weighted by Crippen LogP contribution is -1.92. The van der Waals surface area contributed by atoms with Crippen molar-refractivity contribution in [3.8, 4) is 12.3 Å². The fourth-order valence-corrected chi connectivity index (χ4v) is 0.895. The molecule has 1 aliphatic rings. The number of hydrogen-bond donors (Lipinski definition) is 0. The molecule has 0 unspecified atom stereocenters. The highest BCUT2D eigenvalue weighted by Gasteiger charge is 1.96. The first-order valence-corrected chi connectivity index (χ1v) is 3.11. The van der Waals surface area contributed by atoms with Crippen molar-refractivity contribution in [2.45, 2.75) is 6.42 Å². The van der Waals surface area contributed by atoms with Crippen molar-refractivity contribution in [2.24, 2.45) is 0 Å². The van der Waals surface area contributed by atoms with Crippen LogP contribution in [0.25, 0.3) is 0 Å². The average Bonchev–Trinajstić information content (AvgIpc) is 1.88. The van der Waals surface area contributed by atoms with E-state index in [1.165, 1.54) is 0 Å². The summed E-state index contributed by atoms with van der Waals surface area (Å²) in [5, 5.41) is 0. The van der Waals surface area contributed by atoms with Crippen molar-refractivity contribution in [3.05, 3.63) is 23.8 Å². The fourth-order valence-electron chi connectivity index (χ4n) is 0.672. The first kappa shape index (κ1) is 6.25. The molecule has 9 heavy (non-hydrogen) atoms. The van der Waals surface area contributed by atoms with Gasteiger partial charge in [-0.2, -0.15) is 0 Å². The summed E-state index contributed by atoms with van der Waals surface area (Å²) in [6.07, 6.45) is 11.8. The molecule has 0 aromatic heterocycles. The lowest BCUT2D eigenvalue weighted by atomic mass is 10.1. The van der Waals surface area contributed by atoms with E-state index in [-0.39, 0.29) is 0 Å². The number of thiocarbonyl (C=S) groups is 1. The second kappa shape index (κ2) is 2.61. The van der Waals surface area contributed by atoms with E-state index in [4.69, 9.17) is 18.6 Å². The third-order valence-corrected chi connectivity index (χ3v) is 1.38. The van der Waals surface area contributed by atoms with Gasteiger partial charge in [0.1, 0.15) is 0 Å².